The van der Waals surface area contributed by atoms with E-state index in [1.54, 1.807) is 13.8 Å². The SMILES string of the molecule is Cc1cc(O)cc2c1C(=O)O[C@@H](C)C/C=C\C(=O)[C@@H](O)[C@@H](O)[C@H](O)C/C=C/2. The third kappa shape index (κ3) is 5.26. The summed E-state index contributed by atoms with van der Waals surface area (Å²) >= 11 is 0. The Morgan fingerprint density at radius 1 is 1.04 bits per heavy atom. The van der Waals surface area contributed by atoms with E-state index in [9.17, 15) is 30.0 Å². The first kappa shape index (κ1) is 20.8. The summed E-state index contributed by atoms with van der Waals surface area (Å²) in [5.41, 5.74) is 1.20. The topological polar surface area (TPSA) is 124 Å². The van der Waals surface area contributed by atoms with Gasteiger partial charge < -0.3 is 25.2 Å². The number of benzene rings is 1. The van der Waals surface area contributed by atoms with Crippen LogP contribution in [0.1, 0.15) is 41.3 Å². The van der Waals surface area contributed by atoms with Crippen LogP contribution < -0.4 is 0 Å². The molecule has 0 aromatic heterocycles. The van der Waals surface area contributed by atoms with Gasteiger partial charge in [0.25, 0.3) is 0 Å². The van der Waals surface area contributed by atoms with Crippen molar-refractivity contribution in [3.63, 3.8) is 0 Å². The Morgan fingerprint density at radius 3 is 2.41 bits per heavy atom. The van der Waals surface area contributed by atoms with Crippen LogP contribution in [0, 0.1) is 6.92 Å². The van der Waals surface area contributed by atoms with Gasteiger partial charge in [0.05, 0.1) is 11.7 Å². The minimum absolute atomic E-state index is 0.0285. The second-order valence-electron chi connectivity index (χ2n) is 6.62. The lowest BCUT2D eigenvalue weighted by molar-refractivity contribution is -0.133. The number of aliphatic hydroxyl groups excluding tert-OH is 3. The molecule has 7 nitrogen and oxygen atoms in total. The van der Waals surface area contributed by atoms with Gasteiger partial charge in [-0.25, -0.2) is 4.79 Å². The van der Waals surface area contributed by atoms with Gasteiger partial charge in [0.1, 0.15) is 24.1 Å². The maximum atomic E-state index is 12.6. The zero-order chi connectivity index (χ0) is 20.1. The predicted octanol–water partition coefficient (Wildman–Crippen LogP) is 1.26. The summed E-state index contributed by atoms with van der Waals surface area (Å²) in [4.78, 5) is 24.4. The molecular weight excluding hydrogens is 352 g/mol. The normalized spacial score (nSPS) is 29.8. The van der Waals surface area contributed by atoms with E-state index in [1.807, 2.05) is 0 Å². The van der Waals surface area contributed by atoms with Crippen LogP contribution in [0.4, 0.5) is 0 Å². The molecule has 0 saturated heterocycles. The molecule has 0 saturated carbocycles. The standard InChI is InChI=1S/C20H24O7/c1-11-9-14(21)10-13-6-4-8-16(23)19(25)18(24)15(22)7-3-5-12(2)27-20(26)17(11)13/h3-4,6-7,9-10,12,16,18-19,21,23-25H,5,8H2,1-2H3/b6-4+,7-3-/t12-,16+,18+,19-/m0/s1. The molecule has 1 aliphatic heterocycles. The van der Waals surface area contributed by atoms with E-state index < -0.39 is 36.2 Å². The van der Waals surface area contributed by atoms with Crippen LogP contribution in [0.3, 0.4) is 0 Å². The first-order chi connectivity index (χ1) is 12.7. The zero-order valence-electron chi connectivity index (χ0n) is 15.2. The van der Waals surface area contributed by atoms with Gasteiger partial charge in [-0.2, -0.15) is 0 Å². The lowest BCUT2D eigenvalue weighted by atomic mass is 9.98. The maximum Gasteiger partial charge on any atom is 0.339 e. The van der Waals surface area contributed by atoms with Gasteiger partial charge in [-0.05, 0) is 49.6 Å². The van der Waals surface area contributed by atoms with E-state index in [-0.39, 0.29) is 24.2 Å². The van der Waals surface area contributed by atoms with Crippen molar-refractivity contribution in [2.75, 3.05) is 0 Å². The number of rotatable bonds is 0. The first-order valence-electron chi connectivity index (χ1n) is 8.66. The number of phenolic OH excluding ortho intramolecular Hbond substituents is 1. The lowest BCUT2D eigenvalue weighted by Crippen LogP contribution is -2.41. The van der Waals surface area contributed by atoms with Crippen molar-refractivity contribution in [2.45, 2.75) is 51.1 Å². The summed E-state index contributed by atoms with van der Waals surface area (Å²) in [6, 6.07) is 2.84. The molecule has 4 atom stereocenters. The average Bonchev–Trinajstić information content (AvgIpc) is 2.58. The number of fused-ring (bicyclic) bond motifs is 1. The fraction of sp³-hybridized carbons (Fsp3) is 0.400. The van der Waals surface area contributed by atoms with E-state index in [1.165, 1.54) is 30.4 Å². The van der Waals surface area contributed by atoms with Gasteiger partial charge in [0, 0.05) is 6.42 Å². The van der Waals surface area contributed by atoms with Crippen LogP contribution in [-0.2, 0) is 9.53 Å². The highest BCUT2D eigenvalue weighted by Crippen LogP contribution is 2.25. The van der Waals surface area contributed by atoms with E-state index >= 15 is 0 Å². The molecule has 27 heavy (non-hydrogen) atoms. The highest BCUT2D eigenvalue weighted by molar-refractivity contribution is 5.96. The van der Waals surface area contributed by atoms with Gasteiger partial charge in [-0.1, -0.05) is 18.2 Å². The van der Waals surface area contributed by atoms with Gasteiger partial charge in [-0.3, -0.25) is 4.79 Å². The number of phenols is 1. The largest absolute Gasteiger partial charge is 0.508 e. The van der Waals surface area contributed by atoms with Crippen molar-refractivity contribution >= 4 is 17.8 Å². The van der Waals surface area contributed by atoms with Crippen molar-refractivity contribution in [3.8, 4) is 5.75 Å². The molecule has 0 fully saturated rings. The predicted molar refractivity (Wildman–Crippen MR) is 98.2 cm³/mol. The molecule has 0 unspecified atom stereocenters. The lowest BCUT2D eigenvalue weighted by Gasteiger charge is -2.20. The molecular formula is C20H24O7. The van der Waals surface area contributed by atoms with Crippen molar-refractivity contribution in [2.24, 2.45) is 0 Å². The summed E-state index contributed by atoms with van der Waals surface area (Å²) in [6.45, 7) is 3.32. The minimum Gasteiger partial charge on any atom is -0.508 e. The number of aromatic hydroxyl groups is 1. The molecule has 1 aromatic carbocycles. The number of ether oxygens (including phenoxy) is 1. The number of aliphatic hydroxyl groups is 3. The Bertz CT molecular complexity index is 766. The number of hydrogen-bond donors (Lipinski definition) is 4. The monoisotopic (exact) mass is 376 g/mol. The Morgan fingerprint density at radius 2 is 1.70 bits per heavy atom. The Kier molecular flexibility index (Phi) is 6.90. The molecule has 1 aromatic rings. The smallest absolute Gasteiger partial charge is 0.339 e. The third-order valence-corrected chi connectivity index (χ3v) is 4.30. The number of carbonyl (C=O) groups excluding carboxylic acids is 2. The number of ketones is 1. The van der Waals surface area contributed by atoms with E-state index in [2.05, 4.69) is 0 Å². The maximum absolute atomic E-state index is 12.6. The van der Waals surface area contributed by atoms with Crippen LogP contribution in [0.25, 0.3) is 6.08 Å². The van der Waals surface area contributed by atoms with E-state index in [0.29, 0.717) is 11.1 Å². The fourth-order valence-corrected chi connectivity index (χ4v) is 2.82. The fourth-order valence-electron chi connectivity index (χ4n) is 2.82. The van der Waals surface area contributed by atoms with Gasteiger partial charge >= 0.3 is 5.97 Å². The summed E-state index contributed by atoms with van der Waals surface area (Å²) in [5.74, 6) is -1.35. The van der Waals surface area contributed by atoms with Gasteiger partial charge in [-0.15, -0.1) is 0 Å². The molecule has 1 aliphatic rings. The molecule has 0 spiro atoms. The minimum atomic E-state index is -1.76. The molecule has 1 heterocycles. The zero-order valence-corrected chi connectivity index (χ0v) is 15.2. The number of esters is 1. The molecule has 4 N–H and O–H groups in total. The molecule has 0 aliphatic carbocycles. The Hall–Kier alpha value is -2.48. The quantitative estimate of drug-likeness (QED) is 0.503. The second kappa shape index (κ2) is 8.94. The molecule has 2 rings (SSSR count). The molecule has 0 radical (unpaired) electrons. The highest BCUT2D eigenvalue weighted by Gasteiger charge is 2.28. The highest BCUT2D eigenvalue weighted by atomic mass is 16.5. The summed E-state index contributed by atoms with van der Waals surface area (Å²) < 4.78 is 5.40. The molecule has 146 valence electrons. The third-order valence-electron chi connectivity index (χ3n) is 4.30. The van der Waals surface area contributed by atoms with E-state index in [4.69, 9.17) is 4.74 Å². The van der Waals surface area contributed by atoms with Crippen molar-refractivity contribution in [1.82, 2.24) is 0 Å². The van der Waals surface area contributed by atoms with Crippen LogP contribution >= 0.6 is 0 Å². The summed E-state index contributed by atoms with van der Waals surface area (Å²) in [5, 5.41) is 39.6. The van der Waals surface area contributed by atoms with Gasteiger partial charge in [0.15, 0.2) is 5.78 Å². The Labute approximate surface area is 157 Å². The van der Waals surface area contributed by atoms with Crippen LogP contribution in [0.15, 0.2) is 30.4 Å². The number of hydrogen-bond acceptors (Lipinski definition) is 7. The Balaban J connectivity index is 2.43. The first-order valence-corrected chi connectivity index (χ1v) is 8.66. The van der Waals surface area contributed by atoms with Crippen molar-refractivity contribution in [3.05, 3.63) is 47.1 Å². The van der Waals surface area contributed by atoms with E-state index in [0.717, 1.165) is 6.08 Å². The second-order valence-corrected chi connectivity index (χ2v) is 6.62. The summed E-state index contributed by atoms with van der Waals surface area (Å²) in [6.07, 6.45) is 0.341. The number of carbonyl (C=O) groups is 2. The number of aryl methyl sites for hydroxylation is 1. The van der Waals surface area contributed by atoms with Crippen molar-refractivity contribution in [1.29, 1.82) is 0 Å². The van der Waals surface area contributed by atoms with Crippen LogP contribution in [-0.4, -0.2) is 56.6 Å². The molecule has 0 amide bonds. The van der Waals surface area contributed by atoms with Crippen LogP contribution in [0.5, 0.6) is 5.75 Å². The number of cyclic esters (lactones) is 1. The summed E-state index contributed by atoms with van der Waals surface area (Å²) in [7, 11) is 0. The molecule has 0 bridgehead atoms. The van der Waals surface area contributed by atoms with Gasteiger partial charge in [0.2, 0.25) is 0 Å². The molecule has 7 heteroatoms. The van der Waals surface area contributed by atoms with Crippen molar-refractivity contribution < 1.29 is 34.8 Å². The van der Waals surface area contributed by atoms with Crippen LogP contribution in [0.2, 0.25) is 0 Å². The average molecular weight is 376 g/mol.